The SMILES string of the molecule is CCOc1ccccc1OC(=O)NCCc1cc2ccccc2[nH]1. The molecule has 1 amide bonds. The predicted molar refractivity (Wildman–Crippen MR) is 93.6 cm³/mol. The normalized spacial score (nSPS) is 10.5. The summed E-state index contributed by atoms with van der Waals surface area (Å²) in [5.74, 6) is 0.980. The summed E-state index contributed by atoms with van der Waals surface area (Å²) < 4.78 is 10.7. The van der Waals surface area contributed by atoms with Crippen molar-refractivity contribution in [2.24, 2.45) is 0 Å². The number of aromatic amines is 1. The van der Waals surface area contributed by atoms with Crippen LogP contribution in [-0.2, 0) is 6.42 Å². The second kappa shape index (κ2) is 7.55. The molecule has 0 radical (unpaired) electrons. The molecule has 0 atom stereocenters. The average Bonchev–Trinajstić information content (AvgIpc) is 2.99. The first kappa shape index (κ1) is 15.9. The van der Waals surface area contributed by atoms with E-state index in [9.17, 15) is 4.79 Å². The monoisotopic (exact) mass is 324 g/mol. The Labute approximate surface area is 140 Å². The fraction of sp³-hybridized carbons (Fsp3) is 0.211. The predicted octanol–water partition coefficient (Wildman–Crippen LogP) is 3.90. The number of aromatic nitrogens is 1. The van der Waals surface area contributed by atoms with E-state index in [-0.39, 0.29) is 0 Å². The number of H-pyrrole nitrogens is 1. The second-order valence-corrected chi connectivity index (χ2v) is 5.33. The summed E-state index contributed by atoms with van der Waals surface area (Å²) in [6.45, 7) is 2.89. The quantitative estimate of drug-likeness (QED) is 0.723. The lowest BCUT2D eigenvalue weighted by molar-refractivity contribution is 0.197. The summed E-state index contributed by atoms with van der Waals surface area (Å²) in [6.07, 6.45) is 0.218. The molecule has 24 heavy (non-hydrogen) atoms. The van der Waals surface area contributed by atoms with Gasteiger partial charge in [-0.15, -0.1) is 0 Å². The summed E-state index contributed by atoms with van der Waals surface area (Å²) in [4.78, 5) is 15.3. The van der Waals surface area contributed by atoms with Crippen molar-refractivity contribution < 1.29 is 14.3 Å². The highest BCUT2D eigenvalue weighted by Crippen LogP contribution is 2.26. The average molecular weight is 324 g/mol. The zero-order valence-corrected chi connectivity index (χ0v) is 13.5. The zero-order chi connectivity index (χ0) is 16.8. The van der Waals surface area contributed by atoms with E-state index in [2.05, 4.69) is 22.4 Å². The van der Waals surface area contributed by atoms with E-state index >= 15 is 0 Å². The largest absolute Gasteiger partial charge is 0.490 e. The van der Waals surface area contributed by atoms with E-state index in [1.807, 2.05) is 31.2 Å². The van der Waals surface area contributed by atoms with Gasteiger partial charge in [-0.25, -0.2) is 4.79 Å². The van der Waals surface area contributed by atoms with Crippen molar-refractivity contribution in [2.75, 3.05) is 13.2 Å². The maximum atomic E-state index is 11.9. The first-order valence-electron chi connectivity index (χ1n) is 8.00. The zero-order valence-electron chi connectivity index (χ0n) is 13.5. The third-order valence-corrected chi connectivity index (χ3v) is 3.60. The molecule has 0 fully saturated rings. The third kappa shape index (κ3) is 3.87. The van der Waals surface area contributed by atoms with Crippen LogP contribution >= 0.6 is 0 Å². The van der Waals surface area contributed by atoms with Crippen molar-refractivity contribution >= 4 is 17.0 Å². The molecule has 0 aliphatic heterocycles. The van der Waals surface area contributed by atoms with Crippen LogP contribution in [-0.4, -0.2) is 24.2 Å². The van der Waals surface area contributed by atoms with E-state index < -0.39 is 6.09 Å². The van der Waals surface area contributed by atoms with Gasteiger partial charge in [0.2, 0.25) is 0 Å². The second-order valence-electron chi connectivity index (χ2n) is 5.33. The van der Waals surface area contributed by atoms with Gasteiger partial charge in [-0.3, -0.25) is 0 Å². The van der Waals surface area contributed by atoms with E-state index in [0.29, 0.717) is 31.1 Å². The van der Waals surface area contributed by atoms with Crippen molar-refractivity contribution in [3.63, 3.8) is 0 Å². The molecule has 0 aliphatic rings. The van der Waals surface area contributed by atoms with E-state index in [1.54, 1.807) is 18.2 Å². The van der Waals surface area contributed by atoms with Crippen molar-refractivity contribution in [3.8, 4) is 11.5 Å². The van der Waals surface area contributed by atoms with Gasteiger partial charge >= 0.3 is 6.09 Å². The van der Waals surface area contributed by atoms with Crippen LogP contribution < -0.4 is 14.8 Å². The Morgan fingerprint density at radius 1 is 1.08 bits per heavy atom. The number of hydrogen-bond acceptors (Lipinski definition) is 3. The Balaban J connectivity index is 1.52. The van der Waals surface area contributed by atoms with Crippen LogP contribution in [0.2, 0.25) is 0 Å². The standard InChI is InChI=1S/C19H20N2O3/c1-2-23-17-9-5-6-10-18(17)24-19(22)20-12-11-15-13-14-7-3-4-8-16(14)21-15/h3-10,13,21H,2,11-12H2,1H3,(H,20,22). The minimum Gasteiger partial charge on any atom is -0.490 e. The number of fused-ring (bicyclic) bond motifs is 1. The number of rotatable bonds is 6. The van der Waals surface area contributed by atoms with Crippen LogP contribution in [0.1, 0.15) is 12.6 Å². The van der Waals surface area contributed by atoms with Crippen LogP contribution in [0, 0.1) is 0 Å². The van der Waals surface area contributed by atoms with Gasteiger partial charge < -0.3 is 19.8 Å². The Morgan fingerprint density at radius 3 is 2.62 bits per heavy atom. The van der Waals surface area contributed by atoms with Gasteiger partial charge in [-0.2, -0.15) is 0 Å². The first-order valence-corrected chi connectivity index (χ1v) is 8.00. The van der Waals surface area contributed by atoms with E-state index in [1.165, 1.54) is 5.39 Å². The van der Waals surface area contributed by atoms with Gasteiger partial charge in [0.1, 0.15) is 0 Å². The maximum Gasteiger partial charge on any atom is 0.412 e. The van der Waals surface area contributed by atoms with Crippen molar-refractivity contribution in [1.29, 1.82) is 0 Å². The molecule has 0 unspecified atom stereocenters. The summed E-state index contributed by atoms with van der Waals surface area (Å²) >= 11 is 0. The number of carbonyl (C=O) groups is 1. The maximum absolute atomic E-state index is 11.9. The molecule has 0 saturated carbocycles. The number of amides is 1. The van der Waals surface area contributed by atoms with Crippen LogP contribution in [0.15, 0.2) is 54.6 Å². The van der Waals surface area contributed by atoms with Crippen molar-refractivity contribution in [3.05, 3.63) is 60.3 Å². The smallest absolute Gasteiger partial charge is 0.412 e. The Hall–Kier alpha value is -2.95. The molecule has 0 bridgehead atoms. The van der Waals surface area contributed by atoms with E-state index in [4.69, 9.17) is 9.47 Å². The molecule has 5 heteroatoms. The highest BCUT2D eigenvalue weighted by atomic mass is 16.6. The first-order chi connectivity index (χ1) is 11.8. The van der Waals surface area contributed by atoms with Gasteiger partial charge in [-0.1, -0.05) is 30.3 Å². The van der Waals surface area contributed by atoms with Crippen LogP contribution in [0.25, 0.3) is 10.9 Å². The number of para-hydroxylation sites is 3. The van der Waals surface area contributed by atoms with Gasteiger partial charge in [-0.05, 0) is 36.6 Å². The molecule has 1 heterocycles. The number of carbonyl (C=O) groups excluding carboxylic acids is 1. The number of nitrogens with one attached hydrogen (secondary N) is 2. The van der Waals surface area contributed by atoms with Crippen molar-refractivity contribution in [2.45, 2.75) is 13.3 Å². The molecular weight excluding hydrogens is 304 g/mol. The molecule has 2 aromatic carbocycles. The lowest BCUT2D eigenvalue weighted by Crippen LogP contribution is -2.29. The third-order valence-electron chi connectivity index (χ3n) is 3.60. The number of benzene rings is 2. The van der Waals surface area contributed by atoms with Gasteiger partial charge in [0, 0.05) is 24.2 Å². The van der Waals surface area contributed by atoms with Gasteiger partial charge in [0.25, 0.3) is 0 Å². The Morgan fingerprint density at radius 2 is 1.83 bits per heavy atom. The van der Waals surface area contributed by atoms with Crippen LogP contribution in [0.5, 0.6) is 11.5 Å². The van der Waals surface area contributed by atoms with Gasteiger partial charge in [0.15, 0.2) is 11.5 Å². The lowest BCUT2D eigenvalue weighted by atomic mass is 10.2. The highest BCUT2D eigenvalue weighted by Gasteiger charge is 2.09. The molecule has 1 aromatic heterocycles. The fourth-order valence-electron chi connectivity index (χ4n) is 2.51. The molecule has 3 aromatic rings. The molecule has 0 aliphatic carbocycles. The summed E-state index contributed by atoms with van der Waals surface area (Å²) in [6, 6.07) is 17.3. The molecule has 3 rings (SSSR count). The lowest BCUT2D eigenvalue weighted by Gasteiger charge is -2.10. The van der Waals surface area contributed by atoms with Crippen LogP contribution in [0.4, 0.5) is 4.79 Å². The number of ether oxygens (including phenoxy) is 2. The summed E-state index contributed by atoms with van der Waals surface area (Å²) in [7, 11) is 0. The molecule has 2 N–H and O–H groups in total. The van der Waals surface area contributed by atoms with E-state index in [0.717, 1.165) is 11.2 Å². The molecule has 0 saturated heterocycles. The Kier molecular flexibility index (Phi) is 5.01. The van der Waals surface area contributed by atoms with Crippen LogP contribution in [0.3, 0.4) is 0 Å². The minimum absolute atomic E-state index is 0.419. The fourth-order valence-corrected chi connectivity index (χ4v) is 2.51. The highest BCUT2D eigenvalue weighted by molar-refractivity contribution is 5.80. The molecule has 124 valence electrons. The minimum atomic E-state index is -0.488. The topological polar surface area (TPSA) is 63.4 Å². The van der Waals surface area contributed by atoms with Crippen molar-refractivity contribution in [1.82, 2.24) is 10.3 Å². The van der Waals surface area contributed by atoms with Gasteiger partial charge in [0.05, 0.1) is 6.61 Å². The summed E-state index contributed by atoms with van der Waals surface area (Å²) in [5.41, 5.74) is 2.17. The number of hydrogen-bond donors (Lipinski definition) is 2. The molecule has 5 nitrogen and oxygen atoms in total. The Bertz CT molecular complexity index is 793. The molecular formula is C19H20N2O3. The summed E-state index contributed by atoms with van der Waals surface area (Å²) in [5, 5.41) is 3.92. The molecule has 0 spiro atoms.